The number of allylic oxidation sites excluding steroid dienone is 1. The van der Waals surface area contributed by atoms with Gasteiger partial charge in [-0.25, -0.2) is 0 Å². The van der Waals surface area contributed by atoms with Crippen molar-refractivity contribution in [1.29, 1.82) is 0 Å². The van der Waals surface area contributed by atoms with E-state index in [-0.39, 0.29) is 5.92 Å². The molecule has 2 aliphatic carbocycles. The van der Waals surface area contributed by atoms with Crippen molar-refractivity contribution >= 4 is 45.5 Å². The number of rotatable bonds is 5. The van der Waals surface area contributed by atoms with Gasteiger partial charge in [0.2, 0.25) is 0 Å². The first kappa shape index (κ1) is 29.9. The van der Waals surface area contributed by atoms with E-state index in [1.165, 1.54) is 60.9 Å². The Bertz CT molecular complexity index is 2660. The lowest BCUT2D eigenvalue weighted by Crippen LogP contribution is -2.24. The third kappa shape index (κ3) is 4.73. The molecule has 10 rings (SSSR count). The molecule has 2 heteroatoms. The van der Waals surface area contributed by atoms with Gasteiger partial charge in [0.25, 0.3) is 0 Å². The summed E-state index contributed by atoms with van der Waals surface area (Å²) < 4.78 is 14.9. The highest BCUT2D eigenvalue weighted by Gasteiger charge is 2.36. The van der Waals surface area contributed by atoms with Gasteiger partial charge in [-0.05, 0) is 90.2 Å². The van der Waals surface area contributed by atoms with Crippen LogP contribution in [0.4, 0.5) is 0 Å². The van der Waals surface area contributed by atoms with Gasteiger partial charge in [0.1, 0.15) is 0 Å². The first-order valence-electron chi connectivity index (χ1n) is 17.6. The van der Waals surface area contributed by atoms with Gasteiger partial charge in [0.15, 0.2) is 7.14 Å². The summed E-state index contributed by atoms with van der Waals surface area (Å²) in [4.78, 5) is 0. The number of hydrogen-bond acceptors (Lipinski definition) is 1. The summed E-state index contributed by atoms with van der Waals surface area (Å²) in [6.07, 6.45) is 2.40. The molecule has 0 bridgehead atoms. The minimum Gasteiger partial charge on any atom is -0.309 e. The summed E-state index contributed by atoms with van der Waals surface area (Å²) >= 11 is 0. The molecule has 0 saturated carbocycles. The molecular weight excluding hydrogens is 636 g/mol. The van der Waals surface area contributed by atoms with Crippen LogP contribution in [0.5, 0.6) is 0 Å². The standard InChI is InChI=1S/C49H33OP/c50-51(39-16-3-1-4-17-39,40-18-5-2-6-19-40)41-26-22-33(23-27-41)35-14-11-15-36(30-35)37-25-29-45-46(31-37)49-43-21-10-8-13-38(43)32-47(49)44-28-24-34-12-7-9-20-42(34)48(44)45/h1-32,49H. The van der Waals surface area contributed by atoms with Gasteiger partial charge in [-0.3, -0.25) is 0 Å². The number of benzene rings is 8. The Morgan fingerprint density at radius 3 is 1.76 bits per heavy atom. The Kier molecular flexibility index (Phi) is 6.91. The van der Waals surface area contributed by atoms with Crippen LogP contribution in [0.2, 0.25) is 0 Å². The molecule has 0 aliphatic heterocycles. The normalized spacial score (nSPS) is 14.3. The van der Waals surface area contributed by atoms with Crippen molar-refractivity contribution in [2.24, 2.45) is 0 Å². The Hall–Kier alpha value is -6.01. The average Bonchev–Trinajstić information content (AvgIpc) is 3.61. The van der Waals surface area contributed by atoms with Gasteiger partial charge in [-0.1, -0.05) is 176 Å². The summed E-state index contributed by atoms with van der Waals surface area (Å²) in [5.41, 5.74) is 14.0. The Morgan fingerprint density at radius 2 is 1.00 bits per heavy atom. The van der Waals surface area contributed by atoms with Crippen molar-refractivity contribution in [2.45, 2.75) is 5.92 Å². The fraction of sp³-hybridized carbons (Fsp3) is 0.0204. The van der Waals surface area contributed by atoms with Gasteiger partial charge in [-0.2, -0.15) is 0 Å². The van der Waals surface area contributed by atoms with Crippen molar-refractivity contribution in [1.82, 2.24) is 0 Å². The molecule has 0 heterocycles. The monoisotopic (exact) mass is 668 g/mol. The smallest absolute Gasteiger partial charge is 0.171 e. The van der Waals surface area contributed by atoms with Crippen LogP contribution in [0.25, 0.3) is 55.8 Å². The third-order valence-corrected chi connectivity index (χ3v) is 13.9. The van der Waals surface area contributed by atoms with Crippen molar-refractivity contribution in [3.8, 4) is 33.4 Å². The molecule has 0 fully saturated rings. The first-order valence-corrected chi connectivity index (χ1v) is 19.3. The molecule has 240 valence electrons. The molecule has 1 unspecified atom stereocenters. The van der Waals surface area contributed by atoms with E-state index >= 15 is 0 Å². The van der Waals surface area contributed by atoms with E-state index in [1.807, 2.05) is 60.7 Å². The lowest BCUT2D eigenvalue weighted by atomic mass is 9.73. The zero-order chi connectivity index (χ0) is 33.9. The molecular formula is C49H33OP. The molecule has 2 aliphatic rings. The minimum absolute atomic E-state index is 0.199. The van der Waals surface area contributed by atoms with Gasteiger partial charge < -0.3 is 4.57 Å². The predicted octanol–water partition coefficient (Wildman–Crippen LogP) is 11.5. The lowest BCUT2D eigenvalue weighted by molar-refractivity contribution is 0.592. The molecule has 0 amide bonds. The van der Waals surface area contributed by atoms with E-state index in [2.05, 4.69) is 133 Å². The van der Waals surface area contributed by atoms with E-state index in [0.29, 0.717) is 0 Å². The van der Waals surface area contributed by atoms with Crippen LogP contribution in [0.1, 0.15) is 28.2 Å². The molecule has 0 N–H and O–H groups in total. The largest absolute Gasteiger partial charge is 0.309 e. The van der Waals surface area contributed by atoms with E-state index in [4.69, 9.17) is 0 Å². The molecule has 8 aromatic rings. The van der Waals surface area contributed by atoms with Crippen molar-refractivity contribution < 1.29 is 4.57 Å². The third-order valence-electron chi connectivity index (χ3n) is 10.8. The van der Waals surface area contributed by atoms with Crippen LogP contribution >= 0.6 is 7.14 Å². The van der Waals surface area contributed by atoms with Crippen LogP contribution < -0.4 is 15.9 Å². The molecule has 0 spiro atoms. The maximum Gasteiger partial charge on any atom is 0.171 e. The highest BCUT2D eigenvalue weighted by Crippen LogP contribution is 2.56. The van der Waals surface area contributed by atoms with E-state index < -0.39 is 7.14 Å². The van der Waals surface area contributed by atoms with Gasteiger partial charge in [-0.15, -0.1) is 0 Å². The lowest BCUT2D eigenvalue weighted by Gasteiger charge is -2.30. The van der Waals surface area contributed by atoms with Gasteiger partial charge in [0, 0.05) is 21.8 Å². The van der Waals surface area contributed by atoms with Crippen LogP contribution in [-0.2, 0) is 4.57 Å². The quantitative estimate of drug-likeness (QED) is 0.167. The second-order valence-corrected chi connectivity index (χ2v) is 16.3. The molecule has 8 aromatic carbocycles. The Balaban J connectivity index is 1.07. The Morgan fingerprint density at radius 1 is 0.412 bits per heavy atom. The summed E-state index contributed by atoms with van der Waals surface area (Å²) in [5.74, 6) is 0.199. The maximum atomic E-state index is 14.9. The second kappa shape index (κ2) is 11.8. The molecule has 0 saturated heterocycles. The van der Waals surface area contributed by atoms with Gasteiger partial charge in [0.05, 0.1) is 0 Å². The minimum atomic E-state index is -3.03. The second-order valence-electron chi connectivity index (χ2n) is 13.6. The highest BCUT2D eigenvalue weighted by atomic mass is 31.2. The summed E-state index contributed by atoms with van der Waals surface area (Å²) in [6, 6.07) is 66.2. The summed E-state index contributed by atoms with van der Waals surface area (Å²) in [7, 11) is -3.03. The van der Waals surface area contributed by atoms with Crippen molar-refractivity contribution in [3.05, 3.63) is 210 Å². The highest BCUT2D eigenvalue weighted by molar-refractivity contribution is 7.85. The topological polar surface area (TPSA) is 17.1 Å². The van der Waals surface area contributed by atoms with Crippen LogP contribution in [0.3, 0.4) is 0 Å². The zero-order valence-corrected chi connectivity index (χ0v) is 28.8. The summed E-state index contributed by atoms with van der Waals surface area (Å²) in [6.45, 7) is 0. The summed E-state index contributed by atoms with van der Waals surface area (Å²) in [5, 5.41) is 5.09. The number of hydrogen-bond donors (Lipinski definition) is 0. The van der Waals surface area contributed by atoms with Crippen LogP contribution in [0.15, 0.2) is 188 Å². The van der Waals surface area contributed by atoms with Crippen LogP contribution in [0, 0.1) is 0 Å². The number of fused-ring (bicyclic) bond motifs is 10. The molecule has 1 atom stereocenters. The van der Waals surface area contributed by atoms with Crippen molar-refractivity contribution in [3.63, 3.8) is 0 Å². The molecule has 1 nitrogen and oxygen atoms in total. The van der Waals surface area contributed by atoms with E-state index in [0.717, 1.165) is 27.0 Å². The van der Waals surface area contributed by atoms with E-state index in [1.54, 1.807) is 0 Å². The van der Waals surface area contributed by atoms with Gasteiger partial charge >= 0.3 is 0 Å². The van der Waals surface area contributed by atoms with Crippen molar-refractivity contribution in [2.75, 3.05) is 0 Å². The zero-order valence-electron chi connectivity index (χ0n) is 27.9. The molecule has 0 radical (unpaired) electrons. The SMILES string of the molecule is O=P(c1ccccc1)(c1ccccc1)c1ccc(-c2cccc(-c3ccc4c(c3)C3C(=Cc5ccccc53)c3ccc5ccccc5c3-4)c2)cc1. The Labute approximate surface area is 298 Å². The average molecular weight is 669 g/mol. The van der Waals surface area contributed by atoms with Crippen LogP contribution in [-0.4, -0.2) is 0 Å². The first-order chi connectivity index (χ1) is 25.2. The molecule has 0 aromatic heterocycles. The maximum absolute atomic E-state index is 14.9. The fourth-order valence-corrected chi connectivity index (χ4v) is 11.0. The predicted molar refractivity (Wildman–Crippen MR) is 216 cm³/mol. The molecule has 51 heavy (non-hydrogen) atoms. The van der Waals surface area contributed by atoms with E-state index in [9.17, 15) is 4.57 Å². The fourth-order valence-electron chi connectivity index (χ4n) is 8.37.